The number of rotatable bonds is 7. The second kappa shape index (κ2) is 8.62. The molecule has 3 rings (SSSR count). The monoisotopic (exact) mass is 349 g/mol. The van der Waals surface area contributed by atoms with Gasteiger partial charge in [-0.3, -0.25) is 14.6 Å². The minimum Gasteiger partial charge on any atom is -0.467 e. The number of para-hydroxylation sites is 1. The molecule has 26 heavy (non-hydrogen) atoms. The van der Waals surface area contributed by atoms with E-state index in [4.69, 9.17) is 4.42 Å². The standard InChI is InChI=1S/C20H19N3O3/c24-19(10-9-15-5-3-11-21-13-15)23-18-8-2-1-7-17(18)20(25)22-14-16-6-4-12-26-16/h1-8,11-13H,9-10,14H2,(H,22,25)(H,23,24). The van der Waals surface area contributed by atoms with Crippen LogP contribution in [-0.4, -0.2) is 16.8 Å². The Balaban J connectivity index is 1.59. The maximum atomic E-state index is 12.4. The van der Waals surface area contributed by atoms with Crippen molar-refractivity contribution in [2.75, 3.05) is 5.32 Å². The number of amides is 2. The van der Waals surface area contributed by atoms with Crippen LogP contribution in [0.5, 0.6) is 0 Å². The second-order valence-corrected chi connectivity index (χ2v) is 5.72. The number of pyridine rings is 1. The Bertz CT molecular complexity index is 861. The quantitative estimate of drug-likeness (QED) is 0.686. The van der Waals surface area contributed by atoms with Crippen molar-refractivity contribution in [1.82, 2.24) is 10.3 Å². The molecule has 2 amide bonds. The Kier molecular flexibility index (Phi) is 5.77. The number of nitrogens with one attached hydrogen (secondary N) is 2. The summed E-state index contributed by atoms with van der Waals surface area (Å²) in [6, 6.07) is 14.2. The molecule has 6 nitrogen and oxygen atoms in total. The molecule has 2 aromatic heterocycles. The maximum Gasteiger partial charge on any atom is 0.253 e. The molecule has 0 fully saturated rings. The van der Waals surface area contributed by atoms with Gasteiger partial charge in [-0.1, -0.05) is 18.2 Å². The van der Waals surface area contributed by atoms with Crippen LogP contribution in [0, 0.1) is 0 Å². The van der Waals surface area contributed by atoms with Gasteiger partial charge in [0.05, 0.1) is 24.1 Å². The fourth-order valence-electron chi connectivity index (χ4n) is 2.48. The van der Waals surface area contributed by atoms with Crippen LogP contribution in [-0.2, 0) is 17.8 Å². The van der Waals surface area contributed by atoms with E-state index in [1.165, 1.54) is 0 Å². The van der Waals surface area contributed by atoms with Crippen molar-refractivity contribution in [2.24, 2.45) is 0 Å². The highest BCUT2D eigenvalue weighted by Crippen LogP contribution is 2.16. The lowest BCUT2D eigenvalue weighted by molar-refractivity contribution is -0.116. The van der Waals surface area contributed by atoms with Crippen molar-refractivity contribution < 1.29 is 14.0 Å². The molecule has 0 bridgehead atoms. The minimum absolute atomic E-state index is 0.153. The highest BCUT2D eigenvalue weighted by Gasteiger charge is 2.13. The Hall–Kier alpha value is -3.41. The first-order valence-corrected chi connectivity index (χ1v) is 8.31. The first-order valence-electron chi connectivity index (χ1n) is 8.31. The van der Waals surface area contributed by atoms with Crippen LogP contribution in [0.25, 0.3) is 0 Å². The molecular formula is C20H19N3O3. The molecule has 0 saturated carbocycles. The summed E-state index contributed by atoms with van der Waals surface area (Å²) >= 11 is 0. The van der Waals surface area contributed by atoms with E-state index in [-0.39, 0.29) is 18.4 Å². The topological polar surface area (TPSA) is 84.2 Å². The third-order valence-electron chi connectivity index (χ3n) is 3.81. The van der Waals surface area contributed by atoms with Crippen molar-refractivity contribution >= 4 is 17.5 Å². The van der Waals surface area contributed by atoms with E-state index in [1.807, 2.05) is 12.1 Å². The molecule has 2 N–H and O–H groups in total. The van der Waals surface area contributed by atoms with Crippen molar-refractivity contribution in [3.8, 4) is 0 Å². The molecule has 0 aliphatic rings. The zero-order valence-electron chi connectivity index (χ0n) is 14.1. The fourth-order valence-corrected chi connectivity index (χ4v) is 2.48. The van der Waals surface area contributed by atoms with Crippen molar-refractivity contribution in [3.05, 3.63) is 84.1 Å². The van der Waals surface area contributed by atoms with Gasteiger partial charge < -0.3 is 15.1 Å². The molecule has 0 unspecified atom stereocenters. The molecule has 3 aromatic rings. The summed E-state index contributed by atoms with van der Waals surface area (Å²) in [5.41, 5.74) is 1.89. The Morgan fingerprint density at radius 3 is 2.69 bits per heavy atom. The average Bonchev–Trinajstić information content (AvgIpc) is 3.19. The summed E-state index contributed by atoms with van der Waals surface area (Å²) in [7, 11) is 0. The molecule has 1 aromatic carbocycles. The van der Waals surface area contributed by atoms with Crippen LogP contribution in [0.4, 0.5) is 5.69 Å². The molecule has 0 spiro atoms. The Morgan fingerprint density at radius 2 is 1.92 bits per heavy atom. The number of carbonyl (C=O) groups excluding carboxylic acids is 2. The van der Waals surface area contributed by atoms with Gasteiger partial charge in [0.15, 0.2) is 0 Å². The Labute approximate surface area is 151 Å². The molecule has 0 atom stereocenters. The number of benzene rings is 1. The minimum atomic E-state index is -0.274. The summed E-state index contributed by atoms with van der Waals surface area (Å²) < 4.78 is 5.20. The zero-order valence-corrected chi connectivity index (χ0v) is 14.1. The number of hydrogen-bond donors (Lipinski definition) is 2. The van der Waals surface area contributed by atoms with E-state index >= 15 is 0 Å². The van der Waals surface area contributed by atoms with E-state index in [0.29, 0.717) is 29.9 Å². The smallest absolute Gasteiger partial charge is 0.253 e. The summed E-state index contributed by atoms with van der Waals surface area (Å²) in [6.07, 6.45) is 5.89. The lowest BCUT2D eigenvalue weighted by atomic mass is 10.1. The van der Waals surface area contributed by atoms with Crippen LogP contribution in [0.3, 0.4) is 0 Å². The molecular weight excluding hydrogens is 330 g/mol. The van der Waals surface area contributed by atoms with Crippen molar-refractivity contribution in [1.29, 1.82) is 0 Å². The second-order valence-electron chi connectivity index (χ2n) is 5.72. The third kappa shape index (κ3) is 4.80. The lowest BCUT2D eigenvalue weighted by Crippen LogP contribution is -2.24. The van der Waals surface area contributed by atoms with Crippen LogP contribution in [0.1, 0.15) is 28.1 Å². The summed E-state index contributed by atoms with van der Waals surface area (Å²) in [5.74, 6) is 0.237. The number of hydrogen-bond acceptors (Lipinski definition) is 4. The number of furan rings is 1. The summed E-state index contributed by atoms with van der Waals surface area (Å²) in [5, 5.41) is 5.59. The van der Waals surface area contributed by atoms with Crippen LogP contribution >= 0.6 is 0 Å². The number of aryl methyl sites for hydroxylation is 1. The Morgan fingerprint density at radius 1 is 1.04 bits per heavy atom. The largest absolute Gasteiger partial charge is 0.467 e. The predicted molar refractivity (Wildman–Crippen MR) is 97.5 cm³/mol. The van der Waals surface area contributed by atoms with Gasteiger partial charge in [0.1, 0.15) is 5.76 Å². The van der Waals surface area contributed by atoms with Gasteiger partial charge >= 0.3 is 0 Å². The molecule has 0 aliphatic carbocycles. The third-order valence-corrected chi connectivity index (χ3v) is 3.81. The lowest BCUT2D eigenvalue weighted by Gasteiger charge is -2.11. The highest BCUT2D eigenvalue weighted by molar-refractivity contribution is 6.03. The van der Waals surface area contributed by atoms with E-state index < -0.39 is 0 Å². The molecule has 0 saturated heterocycles. The number of anilines is 1. The maximum absolute atomic E-state index is 12.4. The summed E-state index contributed by atoms with van der Waals surface area (Å²) in [6.45, 7) is 0.287. The molecule has 2 heterocycles. The molecule has 132 valence electrons. The zero-order chi connectivity index (χ0) is 18.2. The average molecular weight is 349 g/mol. The van der Waals surface area contributed by atoms with Gasteiger partial charge in [-0.05, 0) is 42.3 Å². The van der Waals surface area contributed by atoms with Gasteiger partial charge in [0, 0.05) is 18.8 Å². The van der Waals surface area contributed by atoms with Crippen LogP contribution in [0.2, 0.25) is 0 Å². The van der Waals surface area contributed by atoms with Crippen LogP contribution < -0.4 is 10.6 Å². The van der Waals surface area contributed by atoms with Gasteiger partial charge in [-0.15, -0.1) is 0 Å². The number of aromatic nitrogens is 1. The van der Waals surface area contributed by atoms with E-state index in [1.54, 1.807) is 55.1 Å². The van der Waals surface area contributed by atoms with Gasteiger partial charge in [0.2, 0.25) is 5.91 Å². The number of nitrogens with zero attached hydrogens (tertiary/aromatic N) is 1. The van der Waals surface area contributed by atoms with E-state index in [0.717, 1.165) is 5.56 Å². The van der Waals surface area contributed by atoms with Gasteiger partial charge in [-0.25, -0.2) is 0 Å². The van der Waals surface area contributed by atoms with Gasteiger partial charge in [0.25, 0.3) is 5.91 Å². The van der Waals surface area contributed by atoms with Crippen LogP contribution in [0.15, 0.2) is 71.6 Å². The van der Waals surface area contributed by atoms with E-state index in [2.05, 4.69) is 15.6 Å². The van der Waals surface area contributed by atoms with Gasteiger partial charge in [-0.2, -0.15) is 0 Å². The predicted octanol–water partition coefficient (Wildman–Crippen LogP) is 3.18. The fraction of sp³-hybridized carbons (Fsp3) is 0.150. The van der Waals surface area contributed by atoms with E-state index in [9.17, 15) is 9.59 Å². The molecule has 0 radical (unpaired) electrons. The highest BCUT2D eigenvalue weighted by atomic mass is 16.3. The van der Waals surface area contributed by atoms with Crippen molar-refractivity contribution in [2.45, 2.75) is 19.4 Å². The SMILES string of the molecule is O=C(CCc1cccnc1)Nc1ccccc1C(=O)NCc1ccco1. The van der Waals surface area contributed by atoms with Crippen molar-refractivity contribution in [3.63, 3.8) is 0 Å². The first-order chi connectivity index (χ1) is 12.7. The number of carbonyl (C=O) groups is 2. The normalized spacial score (nSPS) is 10.3. The summed E-state index contributed by atoms with van der Waals surface area (Å²) in [4.78, 5) is 28.7. The first kappa shape index (κ1) is 17.4. The molecule has 0 aliphatic heterocycles. The molecule has 6 heteroatoms.